The first-order valence-corrected chi connectivity index (χ1v) is 8.29. The molecule has 0 spiro atoms. The van der Waals surface area contributed by atoms with E-state index in [0.29, 0.717) is 5.56 Å². The molecule has 0 saturated carbocycles. The molecule has 120 valence electrons. The predicted molar refractivity (Wildman–Crippen MR) is 88.9 cm³/mol. The van der Waals surface area contributed by atoms with Gasteiger partial charge in [-0.15, -0.1) is 11.3 Å². The summed E-state index contributed by atoms with van der Waals surface area (Å²) < 4.78 is 15.3. The van der Waals surface area contributed by atoms with E-state index in [4.69, 9.17) is 0 Å². The van der Waals surface area contributed by atoms with Gasteiger partial charge in [0, 0.05) is 29.6 Å². The number of aliphatic hydroxyl groups excluding tert-OH is 1. The number of nitrogens with zero attached hydrogens (tertiary/aromatic N) is 3. The number of benzene rings is 1. The van der Waals surface area contributed by atoms with Crippen LogP contribution < -0.4 is 0 Å². The van der Waals surface area contributed by atoms with Crippen LogP contribution in [0.25, 0.3) is 11.3 Å². The van der Waals surface area contributed by atoms with Crippen molar-refractivity contribution in [3.63, 3.8) is 0 Å². The molecule has 0 fully saturated rings. The SMILES string of the molecule is CCn1cc(Cc2sc(C)nc2-c2ccc(F)cc2CO)cn1. The Kier molecular flexibility index (Phi) is 4.54. The van der Waals surface area contributed by atoms with Crippen LogP contribution in [0, 0.1) is 12.7 Å². The average Bonchev–Trinajstić information content (AvgIpc) is 3.14. The maximum atomic E-state index is 13.4. The fourth-order valence-corrected chi connectivity index (χ4v) is 3.56. The van der Waals surface area contributed by atoms with Gasteiger partial charge in [0.2, 0.25) is 0 Å². The summed E-state index contributed by atoms with van der Waals surface area (Å²) in [6.45, 7) is 4.62. The van der Waals surface area contributed by atoms with Gasteiger partial charge in [-0.1, -0.05) is 0 Å². The summed E-state index contributed by atoms with van der Waals surface area (Å²) in [5.41, 5.74) is 3.28. The molecule has 0 aliphatic heterocycles. The molecule has 4 nitrogen and oxygen atoms in total. The molecule has 1 N–H and O–H groups in total. The third kappa shape index (κ3) is 3.33. The lowest BCUT2D eigenvalue weighted by molar-refractivity contribution is 0.281. The molecular formula is C17H18FN3OS. The first-order chi connectivity index (χ1) is 11.1. The third-order valence-corrected chi connectivity index (χ3v) is 4.64. The van der Waals surface area contributed by atoms with Crippen molar-refractivity contribution in [2.75, 3.05) is 0 Å². The standard InChI is InChI=1S/C17H18FN3OS/c1-3-21-9-12(8-19-21)6-16-17(20-11(2)23-16)15-5-4-14(18)7-13(15)10-22/h4-5,7-9,22H,3,6,10H2,1-2H3. The summed E-state index contributed by atoms with van der Waals surface area (Å²) in [6, 6.07) is 4.46. The molecule has 2 aromatic heterocycles. The second-order valence-electron chi connectivity index (χ2n) is 5.35. The van der Waals surface area contributed by atoms with Gasteiger partial charge in [0.1, 0.15) is 5.82 Å². The molecule has 0 unspecified atom stereocenters. The lowest BCUT2D eigenvalue weighted by atomic mass is 10.0. The fraction of sp³-hybridized carbons (Fsp3) is 0.294. The van der Waals surface area contributed by atoms with Crippen molar-refractivity contribution in [2.45, 2.75) is 33.4 Å². The number of halogens is 1. The minimum absolute atomic E-state index is 0.211. The first-order valence-electron chi connectivity index (χ1n) is 7.48. The largest absolute Gasteiger partial charge is 0.392 e. The van der Waals surface area contributed by atoms with Gasteiger partial charge in [-0.3, -0.25) is 4.68 Å². The Labute approximate surface area is 138 Å². The summed E-state index contributed by atoms with van der Waals surface area (Å²) >= 11 is 1.62. The van der Waals surface area contributed by atoms with E-state index in [-0.39, 0.29) is 12.4 Å². The van der Waals surface area contributed by atoms with Gasteiger partial charge < -0.3 is 5.11 Å². The number of rotatable bonds is 5. The zero-order valence-corrected chi connectivity index (χ0v) is 13.9. The van der Waals surface area contributed by atoms with Crippen molar-refractivity contribution in [3.8, 4) is 11.3 Å². The second kappa shape index (κ2) is 6.60. The molecule has 0 radical (unpaired) electrons. The number of aromatic nitrogens is 3. The lowest BCUT2D eigenvalue weighted by Gasteiger charge is -2.07. The minimum atomic E-state index is -0.351. The van der Waals surface area contributed by atoms with Gasteiger partial charge >= 0.3 is 0 Å². The van der Waals surface area contributed by atoms with Crippen molar-refractivity contribution in [3.05, 3.63) is 57.4 Å². The molecule has 0 saturated heterocycles. The molecular weight excluding hydrogens is 313 g/mol. The smallest absolute Gasteiger partial charge is 0.123 e. The highest BCUT2D eigenvalue weighted by Crippen LogP contribution is 2.32. The van der Waals surface area contributed by atoms with Gasteiger partial charge in [0.25, 0.3) is 0 Å². The van der Waals surface area contributed by atoms with Gasteiger partial charge in [-0.2, -0.15) is 5.10 Å². The van der Waals surface area contributed by atoms with E-state index in [1.807, 2.05) is 30.9 Å². The zero-order chi connectivity index (χ0) is 16.4. The summed E-state index contributed by atoms with van der Waals surface area (Å²) in [6.07, 6.45) is 4.61. The molecule has 0 aliphatic rings. The molecule has 0 amide bonds. The summed E-state index contributed by atoms with van der Waals surface area (Å²) in [4.78, 5) is 5.70. The van der Waals surface area contributed by atoms with E-state index in [2.05, 4.69) is 10.1 Å². The second-order valence-corrected chi connectivity index (χ2v) is 6.63. The summed E-state index contributed by atoms with van der Waals surface area (Å²) in [7, 11) is 0. The van der Waals surface area contributed by atoms with Crippen LogP contribution in [0.4, 0.5) is 4.39 Å². The first kappa shape index (κ1) is 15.8. The van der Waals surface area contributed by atoms with Crippen LogP contribution in [0.2, 0.25) is 0 Å². The number of thiazole rings is 1. The molecule has 0 atom stereocenters. The number of hydrogen-bond donors (Lipinski definition) is 1. The van der Waals surface area contributed by atoms with Gasteiger partial charge in [-0.05, 0) is 43.2 Å². The molecule has 3 rings (SSSR count). The zero-order valence-electron chi connectivity index (χ0n) is 13.1. The molecule has 6 heteroatoms. The normalized spacial score (nSPS) is 11.1. The third-order valence-electron chi connectivity index (χ3n) is 3.67. The number of hydrogen-bond acceptors (Lipinski definition) is 4. The van der Waals surface area contributed by atoms with Crippen molar-refractivity contribution >= 4 is 11.3 Å². The minimum Gasteiger partial charge on any atom is -0.392 e. The predicted octanol–water partition coefficient (Wildman–Crippen LogP) is 3.56. The van der Waals surface area contributed by atoms with Crippen molar-refractivity contribution in [1.82, 2.24) is 14.8 Å². The van der Waals surface area contributed by atoms with E-state index >= 15 is 0 Å². The van der Waals surface area contributed by atoms with Crippen LogP contribution in [0.3, 0.4) is 0 Å². The van der Waals surface area contributed by atoms with Crippen LogP contribution in [-0.4, -0.2) is 19.9 Å². The molecule has 0 bridgehead atoms. The fourth-order valence-electron chi connectivity index (χ4n) is 2.58. The molecule has 23 heavy (non-hydrogen) atoms. The molecule has 2 heterocycles. The van der Waals surface area contributed by atoms with Crippen molar-refractivity contribution < 1.29 is 9.50 Å². The summed E-state index contributed by atoms with van der Waals surface area (Å²) in [5.74, 6) is -0.351. The van der Waals surface area contributed by atoms with E-state index in [1.54, 1.807) is 17.4 Å². The highest BCUT2D eigenvalue weighted by Gasteiger charge is 2.16. The highest BCUT2D eigenvalue weighted by atomic mass is 32.1. The van der Waals surface area contributed by atoms with Gasteiger partial charge in [0.05, 0.1) is 23.5 Å². The maximum absolute atomic E-state index is 13.4. The summed E-state index contributed by atoms with van der Waals surface area (Å²) in [5, 5.41) is 14.8. The molecule has 0 aliphatic carbocycles. The van der Waals surface area contributed by atoms with Gasteiger partial charge in [-0.25, -0.2) is 9.37 Å². The topological polar surface area (TPSA) is 50.9 Å². The number of aryl methyl sites for hydroxylation is 2. The Balaban J connectivity index is 2.00. The lowest BCUT2D eigenvalue weighted by Crippen LogP contribution is -1.95. The Morgan fingerprint density at radius 2 is 2.17 bits per heavy atom. The van der Waals surface area contributed by atoms with Crippen LogP contribution in [0.1, 0.15) is 27.9 Å². The Morgan fingerprint density at radius 3 is 2.87 bits per heavy atom. The van der Waals surface area contributed by atoms with E-state index in [0.717, 1.165) is 39.7 Å². The monoisotopic (exact) mass is 331 g/mol. The van der Waals surface area contributed by atoms with Crippen molar-refractivity contribution in [1.29, 1.82) is 0 Å². The Morgan fingerprint density at radius 1 is 1.35 bits per heavy atom. The Hall–Kier alpha value is -2.05. The van der Waals surface area contributed by atoms with Crippen LogP contribution in [0.15, 0.2) is 30.6 Å². The quantitative estimate of drug-likeness (QED) is 0.778. The highest BCUT2D eigenvalue weighted by molar-refractivity contribution is 7.12. The maximum Gasteiger partial charge on any atom is 0.123 e. The average molecular weight is 331 g/mol. The van der Waals surface area contributed by atoms with Crippen LogP contribution >= 0.6 is 11.3 Å². The van der Waals surface area contributed by atoms with Crippen molar-refractivity contribution in [2.24, 2.45) is 0 Å². The molecule has 3 aromatic rings. The van der Waals surface area contributed by atoms with Crippen LogP contribution in [-0.2, 0) is 19.6 Å². The van der Waals surface area contributed by atoms with E-state index < -0.39 is 0 Å². The van der Waals surface area contributed by atoms with Crippen LogP contribution in [0.5, 0.6) is 0 Å². The van der Waals surface area contributed by atoms with E-state index in [9.17, 15) is 9.50 Å². The number of aliphatic hydroxyl groups is 1. The van der Waals surface area contributed by atoms with Gasteiger partial charge in [0.15, 0.2) is 0 Å². The molecule has 1 aromatic carbocycles. The Bertz CT molecular complexity index is 825. The van der Waals surface area contributed by atoms with E-state index in [1.165, 1.54) is 12.1 Å².